The lowest BCUT2D eigenvalue weighted by Gasteiger charge is -2.13. The quantitative estimate of drug-likeness (QED) is 0.642. The summed E-state index contributed by atoms with van der Waals surface area (Å²) in [4.78, 5) is 4.48. The molecule has 1 aromatic carbocycles. The molecular weight excluding hydrogens is 260 g/mol. The molecule has 0 saturated heterocycles. The molecule has 0 unspecified atom stereocenters. The average Bonchev–Trinajstić information content (AvgIpc) is 3.14. The van der Waals surface area contributed by atoms with Gasteiger partial charge in [-0.2, -0.15) is 0 Å². The van der Waals surface area contributed by atoms with E-state index in [9.17, 15) is 0 Å². The molecule has 1 saturated carbocycles. The second kappa shape index (κ2) is 4.44. The fourth-order valence-corrected chi connectivity index (χ4v) is 2.85. The summed E-state index contributed by atoms with van der Waals surface area (Å²) >= 11 is 0. The molecule has 3 rings (SSSR count). The van der Waals surface area contributed by atoms with E-state index in [2.05, 4.69) is 54.3 Å². The van der Waals surface area contributed by atoms with Crippen LogP contribution in [0.1, 0.15) is 24.0 Å². The molecule has 3 heteroatoms. The minimum Gasteiger partial charge on any atom is -0.321 e. The van der Waals surface area contributed by atoms with Gasteiger partial charge in [0, 0.05) is 22.7 Å². The van der Waals surface area contributed by atoms with Gasteiger partial charge < -0.3 is 5.73 Å². The Morgan fingerprint density at radius 3 is 2.65 bits per heavy atom. The van der Waals surface area contributed by atoms with Gasteiger partial charge in [0.15, 0.2) is 0 Å². The van der Waals surface area contributed by atoms with Crippen LogP contribution in [-0.2, 0) is 5.54 Å². The van der Waals surface area contributed by atoms with Gasteiger partial charge in [-0.15, -0.1) is 5.54 Å². The van der Waals surface area contributed by atoms with Crippen molar-refractivity contribution in [1.82, 2.24) is 4.98 Å². The summed E-state index contributed by atoms with van der Waals surface area (Å²) in [5.41, 5.74) is 12.9. The number of hydrogen-bond donors (Lipinski definition) is 1. The Morgan fingerprint density at radius 2 is 2.00 bits per heavy atom. The maximum absolute atomic E-state index is 6.42. The molecule has 2 aromatic rings. The minimum atomic E-state index is -1.37. The third-order valence-corrected chi connectivity index (χ3v) is 4.50. The van der Waals surface area contributed by atoms with E-state index in [1.54, 1.807) is 0 Å². The van der Waals surface area contributed by atoms with E-state index >= 15 is 0 Å². The molecule has 0 atom stereocenters. The number of fused-ring (bicyclic) bond motifs is 1. The zero-order chi connectivity index (χ0) is 14.4. The van der Waals surface area contributed by atoms with Crippen LogP contribution in [0.3, 0.4) is 0 Å². The molecule has 0 aliphatic heterocycles. The molecule has 1 heterocycles. The first-order valence-electron chi connectivity index (χ1n) is 7.09. The maximum atomic E-state index is 6.42. The molecule has 20 heavy (non-hydrogen) atoms. The normalized spacial score (nSPS) is 16.6. The summed E-state index contributed by atoms with van der Waals surface area (Å²) in [6, 6.07) is 8.34. The van der Waals surface area contributed by atoms with Gasteiger partial charge in [-0.05, 0) is 36.6 Å². The summed E-state index contributed by atoms with van der Waals surface area (Å²) in [6.45, 7) is 6.77. The van der Waals surface area contributed by atoms with E-state index in [4.69, 9.17) is 5.73 Å². The number of aromatic nitrogens is 1. The molecule has 0 spiro atoms. The fraction of sp³-hybridized carbons (Fsp3) is 0.353. The first kappa shape index (κ1) is 13.4. The van der Waals surface area contributed by atoms with Crippen molar-refractivity contribution < 1.29 is 0 Å². The molecule has 0 amide bonds. The Labute approximate surface area is 121 Å². The van der Waals surface area contributed by atoms with Crippen LogP contribution in [0.5, 0.6) is 0 Å². The monoisotopic (exact) mass is 280 g/mol. The van der Waals surface area contributed by atoms with E-state index < -0.39 is 8.07 Å². The van der Waals surface area contributed by atoms with Gasteiger partial charge >= 0.3 is 0 Å². The lowest BCUT2D eigenvalue weighted by Crippen LogP contribution is -2.19. The van der Waals surface area contributed by atoms with Crippen molar-refractivity contribution in [2.45, 2.75) is 38.0 Å². The fourth-order valence-electron chi connectivity index (χ4n) is 2.33. The number of hydrogen-bond acceptors (Lipinski definition) is 2. The van der Waals surface area contributed by atoms with E-state index in [0.717, 1.165) is 23.9 Å². The number of rotatable bonds is 1. The summed E-state index contributed by atoms with van der Waals surface area (Å²) in [7, 11) is -1.37. The molecule has 0 bridgehead atoms. The molecule has 1 aliphatic carbocycles. The SMILES string of the molecule is C[Si](C)(C)C#Cc1cc(C2(N)CC2)c2cccnc2c1. The highest BCUT2D eigenvalue weighted by Crippen LogP contribution is 2.45. The molecular formula is C17H20N2Si. The second-order valence-electron chi connectivity index (χ2n) is 6.75. The number of nitrogens with zero attached hydrogens (tertiary/aromatic N) is 1. The molecule has 2 nitrogen and oxygen atoms in total. The Balaban J connectivity index is 2.18. The van der Waals surface area contributed by atoms with Gasteiger partial charge in [-0.25, -0.2) is 0 Å². The van der Waals surface area contributed by atoms with Crippen LogP contribution in [-0.4, -0.2) is 13.1 Å². The van der Waals surface area contributed by atoms with Crippen LogP contribution in [0, 0.1) is 11.5 Å². The third-order valence-electron chi connectivity index (χ3n) is 3.63. The van der Waals surface area contributed by atoms with Crippen LogP contribution in [0.2, 0.25) is 19.6 Å². The number of pyridine rings is 1. The van der Waals surface area contributed by atoms with Gasteiger partial charge in [0.25, 0.3) is 0 Å². The Kier molecular flexibility index (Phi) is 2.97. The highest BCUT2D eigenvalue weighted by atomic mass is 28.3. The molecule has 102 valence electrons. The van der Waals surface area contributed by atoms with Crippen molar-refractivity contribution in [2.75, 3.05) is 0 Å². The van der Waals surface area contributed by atoms with Gasteiger partial charge in [-0.3, -0.25) is 4.98 Å². The van der Waals surface area contributed by atoms with Crippen LogP contribution >= 0.6 is 0 Å². The predicted molar refractivity (Wildman–Crippen MR) is 87.1 cm³/mol. The minimum absolute atomic E-state index is 0.155. The Bertz CT molecular complexity index is 728. The van der Waals surface area contributed by atoms with Crippen molar-refractivity contribution in [3.05, 3.63) is 41.6 Å². The molecule has 0 radical (unpaired) electrons. The van der Waals surface area contributed by atoms with Crippen molar-refractivity contribution in [2.24, 2.45) is 5.73 Å². The third kappa shape index (κ3) is 2.63. The van der Waals surface area contributed by atoms with Crippen LogP contribution in [0.4, 0.5) is 0 Å². The summed E-state index contributed by atoms with van der Waals surface area (Å²) < 4.78 is 0. The lowest BCUT2D eigenvalue weighted by atomic mass is 9.97. The number of nitrogens with two attached hydrogens (primary N) is 1. The highest BCUT2D eigenvalue weighted by Gasteiger charge is 2.41. The van der Waals surface area contributed by atoms with Gasteiger partial charge in [-0.1, -0.05) is 31.6 Å². The Hall–Kier alpha value is -1.63. The summed E-state index contributed by atoms with van der Waals surface area (Å²) in [6.07, 6.45) is 3.95. The van der Waals surface area contributed by atoms with Crippen molar-refractivity contribution in [1.29, 1.82) is 0 Å². The first-order valence-corrected chi connectivity index (χ1v) is 10.6. The zero-order valence-electron chi connectivity index (χ0n) is 12.3. The van der Waals surface area contributed by atoms with E-state index in [0.29, 0.717) is 0 Å². The molecule has 1 fully saturated rings. The van der Waals surface area contributed by atoms with Crippen LogP contribution in [0.15, 0.2) is 30.5 Å². The van der Waals surface area contributed by atoms with Gasteiger partial charge in [0.1, 0.15) is 8.07 Å². The largest absolute Gasteiger partial charge is 0.321 e. The molecule has 1 aromatic heterocycles. The Morgan fingerprint density at radius 1 is 1.25 bits per heavy atom. The van der Waals surface area contributed by atoms with E-state index in [1.165, 1.54) is 10.9 Å². The van der Waals surface area contributed by atoms with Gasteiger partial charge in [0.2, 0.25) is 0 Å². The van der Waals surface area contributed by atoms with E-state index in [1.807, 2.05) is 12.3 Å². The second-order valence-corrected chi connectivity index (χ2v) is 11.5. The summed E-state index contributed by atoms with van der Waals surface area (Å²) in [5.74, 6) is 3.33. The highest BCUT2D eigenvalue weighted by molar-refractivity contribution is 6.83. The zero-order valence-corrected chi connectivity index (χ0v) is 13.3. The van der Waals surface area contributed by atoms with Crippen molar-refractivity contribution in [3.8, 4) is 11.5 Å². The lowest BCUT2D eigenvalue weighted by molar-refractivity contribution is 0.747. The maximum Gasteiger partial charge on any atom is 0.129 e. The van der Waals surface area contributed by atoms with Crippen LogP contribution < -0.4 is 5.73 Å². The standard InChI is InChI=1S/C17H20N2Si/c1-20(2,3)10-6-13-11-15(17(18)7-8-17)14-5-4-9-19-16(14)12-13/h4-5,9,11-12H,7-8,18H2,1-3H3. The summed E-state index contributed by atoms with van der Waals surface area (Å²) in [5, 5.41) is 1.17. The number of benzene rings is 1. The first-order chi connectivity index (χ1) is 9.37. The average molecular weight is 280 g/mol. The van der Waals surface area contributed by atoms with Crippen LogP contribution in [0.25, 0.3) is 10.9 Å². The van der Waals surface area contributed by atoms with Crippen molar-refractivity contribution >= 4 is 19.0 Å². The topological polar surface area (TPSA) is 38.9 Å². The van der Waals surface area contributed by atoms with E-state index in [-0.39, 0.29) is 5.54 Å². The van der Waals surface area contributed by atoms with Crippen molar-refractivity contribution in [3.63, 3.8) is 0 Å². The molecule has 1 aliphatic rings. The molecule has 2 N–H and O–H groups in total. The smallest absolute Gasteiger partial charge is 0.129 e. The van der Waals surface area contributed by atoms with Gasteiger partial charge in [0.05, 0.1) is 5.52 Å². The predicted octanol–water partition coefficient (Wildman–Crippen LogP) is 3.41.